The van der Waals surface area contributed by atoms with Crippen molar-refractivity contribution in [1.82, 2.24) is 0 Å². The van der Waals surface area contributed by atoms with Gasteiger partial charge in [-0.3, -0.25) is 4.99 Å². The fraction of sp³-hybridized carbons (Fsp3) is 0.900. The molecule has 0 bridgehead atoms. The van der Waals surface area contributed by atoms with E-state index < -0.39 is 0 Å². The van der Waals surface area contributed by atoms with Gasteiger partial charge in [-0.15, -0.1) is 0 Å². The first kappa shape index (κ1) is 10.7. The zero-order chi connectivity index (χ0) is 8.36. The van der Waals surface area contributed by atoms with Crippen LogP contribution in [0, 0.1) is 0 Å². The quantitative estimate of drug-likeness (QED) is 0.394. The van der Waals surface area contributed by atoms with E-state index in [1.54, 1.807) is 0 Å². The smallest absolute Gasteiger partial charge is 0.0385 e. The summed E-state index contributed by atoms with van der Waals surface area (Å²) in [5, 5.41) is 0. The van der Waals surface area contributed by atoms with Crippen molar-refractivity contribution < 1.29 is 0 Å². The molecule has 1 nitrogen and oxygen atoms in total. The highest BCUT2D eigenvalue weighted by Crippen LogP contribution is 2.04. The predicted octanol–water partition coefficient (Wildman–Crippen LogP) is 3.44. The molecule has 0 aromatic rings. The Kier molecular flexibility index (Phi) is 9.38. The van der Waals surface area contributed by atoms with E-state index in [0.29, 0.717) is 0 Å². The van der Waals surface area contributed by atoms with E-state index in [1.165, 1.54) is 38.5 Å². The topological polar surface area (TPSA) is 12.4 Å². The Labute approximate surface area is 70.9 Å². The minimum atomic E-state index is 1.03. The van der Waals surface area contributed by atoms with Gasteiger partial charge in [0.25, 0.3) is 0 Å². The van der Waals surface area contributed by atoms with Gasteiger partial charge in [-0.05, 0) is 19.6 Å². The third-order valence-electron chi connectivity index (χ3n) is 1.82. The van der Waals surface area contributed by atoms with E-state index >= 15 is 0 Å². The van der Waals surface area contributed by atoms with Crippen LogP contribution in [0.15, 0.2) is 4.99 Å². The molecule has 1 heteroatoms. The van der Waals surface area contributed by atoms with Crippen LogP contribution in [-0.4, -0.2) is 12.8 Å². The summed E-state index contributed by atoms with van der Waals surface area (Å²) in [6, 6.07) is 0. The molecule has 0 aliphatic rings. The first-order valence-electron chi connectivity index (χ1n) is 4.86. The van der Waals surface area contributed by atoms with Gasteiger partial charge in [0, 0.05) is 6.54 Å². The Balaban J connectivity index is 2.79. The number of aliphatic imine (C=N–C) groups is 1. The minimum Gasteiger partial charge on any atom is -0.298 e. The molecule has 66 valence electrons. The molecule has 0 saturated carbocycles. The van der Waals surface area contributed by atoms with Gasteiger partial charge in [0.2, 0.25) is 0 Å². The van der Waals surface area contributed by atoms with Gasteiger partial charge in [0.05, 0.1) is 0 Å². The van der Waals surface area contributed by atoms with Crippen LogP contribution in [0.3, 0.4) is 0 Å². The number of hydrogen-bond acceptors (Lipinski definition) is 1. The predicted molar refractivity (Wildman–Crippen MR) is 52.4 cm³/mol. The van der Waals surface area contributed by atoms with Crippen molar-refractivity contribution in [1.29, 1.82) is 0 Å². The minimum absolute atomic E-state index is 1.03. The standard InChI is InChI=1S/C10H21N/c1-3-5-6-7-8-9-10-11-4-2/h4H,3,5-10H2,1-2H3. The highest BCUT2D eigenvalue weighted by Gasteiger charge is 1.87. The normalized spacial score (nSPS) is 11.1. The summed E-state index contributed by atoms with van der Waals surface area (Å²) in [5.74, 6) is 0. The van der Waals surface area contributed by atoms with Gasteiger partial charge in [0.1, 0.15) is 0 Å². The largest absolute Gasteiger partial charge is 0.298 e. The molecule has 0 unspecified atom stereocenters. The summed E-state index contributed by atoms with van der Waals surface area (Å²) in [6.07, 6.45) is 10.1. The number of hydrogen-bond donors (Lipinski definition) is 0. The van der Waals surface area contributed by atoms with Crippen molar-refractivity contribution in [3.8, 4) is 0 Å². The Morgan fingerprint density at radius 2 is 1.64 bits per heavy atom. The first-order chi connectivity index (χ1) is 5.41. The van der Waals surface area contributed by atoms with E-state index in [9.17, 15) is 0 Å². The van der Waals surface area contributed by atoms with Crippen LogP contribution in [0.5, 0.6) is 0 Å². The Morgan fingerprint density at radius 3 is 2.27 bits per heavy atom. The van der Waals surface area contributed by atoms with Crippen molar-refractivity contribution in [2.24, 2.45) is 4.99 Å². The average molecular weight is 155 g/mol. The van der Waals surface area contributed by atoms with Gasteiger partial charge in [-0.1, -0.05) is 39.0 Å². The Hall–Kier alpha value is -0.330. The maximum Gasteiger partial charge on any atom is 0.0385 e. The number of rotatable bonds is 7. The van der Waals surface area contributed by atoms with E-state index in [0.717, 1.165) is 6.54 Å². The van der Waals surface area contributed by atoms with Crippen LogP contribution >= 0.6 is 0 Å². The van der Waals surface area contributed by atoms with Crippen LogP contribution in [0.2, 0.25) is 0 Å². The first-order valence-corrected chi connectivity index (χ1v) is 4.86. The van der Waals surface area contributed by atoms with Gasteiger partial charge in [0.15, 0.2) is 0 Å². The zero-order valence-electron chi connectivity index (χ0n) is 7.97. The SMILES string of the molecule is CC=NCCCCCCCC. The van der Waals surface area contributed by atoms with Gasteiger partial charge < -0.3 is 0 Å². The van der Waals surface area contributed by atoms with Gasteiger partial charge >= 0.3 is 0 Å². The summed E-state index contributed by atoms with van der Waals surface area (Å²) >= 11 is 0. The van der Waals surface area contributed by atoms with Crippen LogP contribution in [0.4, 0.5) is 0 Å². The summed E-state index contributed by atoms with van der Waals surface area (Å²) in [4.78, 5) is 4.16. The lowest BCUT2D eigenvalue weighted by Crippen LogP contribution is -1.82. The maximum absolute atomic E-state index is 4.16. The molecular formula is C10H21N. The molecule has 11 heavy (non-hydrogen) atoms. The summed E-state index contributed by atoms with van der Waals surface area (Å²) in [6.45, 7) is 5.26. The monoisotopic (exact) mass is 155 g/mol. The van der Waals surface area contributed by atoms with E-state index in [2.05, 4.69) is 11.9 Å². The summed E-state index contributed by atoms with van der Waals surface area (Å²) in [5.41, 5.74) is 0. The molecular weight excluding hydrogens is 134 g/mol. The van der Waals surface area contributed by atoms with E-state index in [4.69, 9.17) is 0 Å². The second-order valence-electron chi connectivity index (χ2n) is 2.93. The highest BCUT2D eigenvalue weighted by atomic mass is 14.7. The molecule has 0 N–H and O–H groups in total. The van der Waals surface area contributed by atoms with Gasteiger partial charge in [-0.25, -0.2) is 0 Å². The van der Waals surface area contributed by atoms with Crippen molar-refractivity contribution >= 4 is 6.21 Å². The Bertz CT molecular complexity index is 86.9. The molecule has 0 atom stereocenters. The molecule has 0 aromatic carbocycles. The van der Waals surface area contributed by atoms with E-state index in [1.807, 2.05) is 13.1 Å². The average Bonchev–Trinajstić information content (AvgIpc) is 2.03. The van der Waals surface area contributed by atoms with Crippen molar-refractivity contribution in [2.75, 3.05) is 6.54 Å². The molecule has 0 heterocycles. The van der Waals surface area contributed by atoms with Crippen LogP contribution < -0.4 is 0 Å². The highest BCUT2D eigenvalue weighted by molar-refractivity contribution is 5.53. The molecule has 0 rings (SSSR count). The van der Waals surface area contributed by atoms with Crippen LogP contribution in [0.1, 0.15) is 52.4 Å². The molecule has 0 aromatic heterocycles. The van der Waals surface area contributed by atoms with Crippen LogP contribution in [0.25, 0.3) is 0 Å². The van der Waals surface area contributed by atoms with Crippen LogP contribution in [-0.2, 0) is 0 Å². The lowest BCUT2D eigenvalue weighted by atomic mass is 10.1. The molecule has 0 spiro atoms. The molecule has 0 saturated heterocycles. The maximum atomic E-state index is 4.16. The second-order valence-corrected chi connectivity index (χ2v) is 2.93. The molecule has 0 amide bonds. The third-order valence-corrected chi connectivity index (χ3v) is 1.82. The van der Waals surface area contributed by atoms with Crippen molar-refractivity contribution in [3.05, 3.63) is 0 Å². The third kappa shape index (κ3) is 9.67. The molecule has 0 aliphatic carbocycles. The van der Waals surface area contributed by atoms with Gasteiger partial charge in [-0.2, -0.15) is 0 Å². The summed E-state index contributed by atoms with van der Waals surface area (Å²) < 4.78 is 0. The number of unbranched alkanes of at least 4 members (excludes halogenated alkanes) is 5. The molecule has 0 radical (unpaired) electrons. The second kappa shape index (κ2) is 9.67. The van der Waals surface area contributed by atoms with Crippen molar-refractivity contribution in [3.63, 3.8) is 0 Å². The lowest BCUT2D eigenvalue weighted by Gasteiger charge is -1.96. The van der Waals surface area contributed by atoms with Crippen molar-refractivity contribution in [2.45, 2.75) is 52.4 Å². The Morgan fingerprint density at radius 1 is 1.00 bits per heavy atom. The number of nitrogens with zero attached hydrogens (tertiary/aromatic N) is 1. The fourth-order valence-corrected chi connectivity index (χ4v) is 1.11. The summed E-state index contributed by atoms with van der Waals surface area (Å²) in [7, 11) is 0. The zero-order valence-corrected chi connectivity index (χ0v) is 7.97. The lowest BCUT2D eigenvalue weighted by molar-refractivity contribution is 0.612. The molecule has 0 fully saturated rings. The molecule has 0 aliphatic heterocycles. The van der Waals surface area contributed by atoms with E-state index in [-0.39, 0.29) is 0 Å². The fourth-order valence-electron chi connectivity index (χ4n) is 1.11.